The molecular weight excluding hydrogens is 344 g/mol. The van der Waals surface area contributed by atoms with Crippen LogP contribution >= 0.6 is 0 Å². The molecule has 7 nitrogen and oxygen atoms in total. The number of carbonyl (C=O) groups is 1. The zero-order chi connectivity index (χ0) is 19.1. The van der Waals surface area contributed by atoms with Gasteiger partial charge in [-0.15, -0.1) is 10.2 Å². The van der Waals surface area contributed by atoms with Crippen LogP contribution in [0.15, 0.2) is 94.2 Å². The number of hydrogen-bond acceptors (Lipinski definition) is 5. The number of hydrazone groups is 1. The SMILES string of the molecule is O=C(O)c1ccccc1N=NC(=NNc1ccccc1O)c1ccccc1. The number of rotatable bonds is 5. The van der Waals surface area contributed by atoms with E-state index in [-0.39, 0.29) is 22.8 Å². The number of para-hydroxylation sites is 2. The Morgan fingerprint density at radius 3 is 2.26 bits per heavy atom. The van der Waals surface area contributed by atoms with Crippen molar-refractivity contribution >= 4 is 23.2 Å². The number of aromatic carboxylic acids is 1. The van der Waals surface area contributed by atoms with E-state index in [0.717, 1.165) is 0 Å². The molecule has 0 aliphatic rings. The van der Waals surface area contributed by atoms with Crippen LogP contribution in [0.4, 0.5) is 11.4 Å². The molecule has 7 heteroatoms. The molecule has 3 aromatic carbocycles. The van der Waals surface area contributed by atoms with Crippen molar-refractivity contribution in [1.29, 1.82) is 0 Å². The summed E-state index contributed by atoms with van der Waals surface area (Å²) in [5.41, 5.74) is 4.10. The van der Waals surface area contributed by atoms with Crippen molar-refractivity contribution in [3.8, 4) is 5.75 Å². The van der Waals surface area contributed by atoms with E-state index in [1.54, 1.807) is 48.5 Å². The number of nitrogens with zero attached hydrogens (tertiary/aromatic N) is 3. The molecule has 0 amide bonds. The second-order valence-corrected chi connectivity index (χ2v) is 5.45. The molecule has 3 aromatic rings. The van der Waals surface area contributed by atoms with Crippen molar-refractivity contribution in [2.75, 3.05) is 5.43 Å². The van der Waals surface area contributed by atoms with Gasteiger partial charge in [0.1, 0.15) is 11.4 Å². The van der Waals surface area contributed by atoms with Crippen molar-refractivity contribution in [3.05, 3.63) is 90.0 Å². The lowest BCUT2D eigenvalue weighted by Gasteiger charge is -2.05. The van der Waals surface area contributed by atoms with E-state index in [9.17, 15) is 15.0 Å². The topological polar surface area (TPSA) is 107 Å². The Hall–Kier alpha value is -4.00. The predicted octanol–water partition coefficient (Wildman–Crippen LogP) is 4.65. The van der Waals surface area contributed by atoms with Gasteiger partial charge in [0.2, 0.25) is 5.84 Å². The molecule has 0 atom stereocenters. The monoisotopic (exact) mass is 360 g/mol. The molecule has 3 rings (SSSR count). The predicted molar refractivity (Wildman–Crippen MR) is 103 cm³/mol. The summed E-state index contributed by atoms with van der Waals surface area (Å²) in [7, 11) is 0. The first kappa shape index (κ1) is 17.8. The van der Waals surface area contributed by atoms with Gasteiger partial charge in [0, 0.05) is 5.56 Å². The zero-order valence-electron chi connectivity index (χ0n) is 14.1. The largest absolute Gasteiger partial charge is 0.506 e. The zero-order valence-corrected chi connectivity index (χ0v) is 14.1. The molecule has 0 fully saturated rings. The van der Waals surface area contributed by atoms with E-state index in [2.05, 4.69) is 20.8 Å². The van der Waals surface area contributed by atoms with Crippen LogP contribution in [-0.4, -0.2) is 22.0 Å². The molecule has 0 spiro atoms. The number of anilines is 1. The minimum absolute atomic E-state index is 0.0434. The first-order valence-corrected chi connectivity index (χ1v) is 8.06. The maximum Gasteiger partial charge on any atom is 0.337 e. The lowest BCUT2D eigenvalue weighted by Crippen LogP contribution is -2.01. The van der Waals surface area contributed by atoms with Crippen LogP contribution in [0.25, 0.3) is 0 Å². The van der Waals surface area contributed by atoms with Crippen molar-refractivity contribution in [2.45, 2.75) is 0 Å². The molecular formula is C20H16N4O3. The highest BCUT2D eigenvalue weighted by molar-refractivity contribution is 6.00. The van der Waals surface area contributed by atoms with Gasteiger partial charge >= 0.3 is 5.97 Å². The summed E-state index contributed by atoms with van der Waals surface area (Å²) in [6.45, 7) is 0. The minimum atomic E-state index is -1.09. The average Bonchev–Trinajstić information content (AvgIpc) is 2.70. The third kappa shape index (κ3) is 4.55. The van der Waals surface area contributed by atoms with Gasteiger partial charge < -0.3 is 10.2 Å². The molecule has 0 saturated carbocycles. The van der Waals surface area contributed by atoms with Gasteiger partial charge in [0.15, 0.2) is 0 Å². The van der Waals surface area contributed by atoms with Crippen LogP contribution in [0.1, 0.15) is 15.9 Å². The van der Waals surface area contributed by atoms with E-state index in [1.165, 1.54) is 12.1 Å². The molecule has 0 aliphatic carbocycles. The quantitative estimate of drug-likeness (QED) is 0.202. The summed E-state index contributed by atoms with van der Waals surface area (Å²) < 4.78 is 0. The number of phenols is 1. The fourth-order valence-electron chi connectivity index (χ4n) is 2.26. The highest BCUT2D eigenvalue weighted by atomic mass is 16.4. The Bertz CT molecular complexity index is 1000. The highest BCUT2D eigenvalue weighted by Gasteiger charge is 2.09. The number of azo groups is 1. The van der Waals surface area contributed by atoms with E-state index >= 15 is 0 Å². The number of benzene rings is 3. The van der Waals surface area contributed by atoms with Gasteiger partial charge in [-0.05, 0) is 24.3 Å². The molecule has 134 valence electrons. The fraction of sp³-hybridized carbons (Fsp3) is 0. The van der Waals surface area contributed by atoms with Crippen molar-refractivity contribution in [3.63, 3.8) is 0 Å². The number of nitrogens with one attached hydrogen (secondary N) is 1. The maximum absolute atomic E-state index is 11.3. The summed E-state index contributed by atoms with van der Waals surface area (Å²) in [5.74, 6) is -0.809. The Morgan fingerprint density at radius 1 is 0.852 bits per heavy atom. The molecule has 0 aliphatic heterocycles. The highest BCUT2D eigenvalue weighted by Crippen LogP contribution is 2.22. The number of carboxylic acid groups (broad SMARTS) is 1. The van der Waals surface area contributed by atoms with E-state index in [4.69, 9.17) is 0 Å². The van der Waals surface area contributed by atoms with E-state index in [1.807, 2.05) is 18.2 Å². The standard InChI is InChI=1S/C20H16N4O3/c25-18-13-7-6-12-17(18)22-24-19(14-8-2-1-3-9-14)23-21-16-11-5-4-10-15(16)20(26)27/h1-13,22,25H,(H,26,27). The summed E-state index contributed by atoms with van der Waals surface area (Å²) >= 11 is 0. The van der Waals surface area contributed by atoms with Crippen molar-refractivity contribution in [2.24, 2.45) is 15.3 Å². The third-order valence-corrected chi connectivity index (χ3v) is 3.61. The molecule has 0 saturated heterocycles. The number of phenolic OH excluding ortho intramolecular Hbond substituents is 1. The molecule has 0 heterocycles. The average molecular weight is 360 g/mol. The Labute approximate surface area is 155 Å². The lowest BCUT2D eigenvalue weighted by atomic mass is 10.2. The van der Waals surface area contributed by atoms with Crippen LogP contribution in [0.3, 0.4) is 0 Å². The second kappa shape index (κ2) is 8.39. The van der Waals surface area contributed by atoms with Gasteiger partial charge in [-0.25, -0.2) is 4.79 Å². The van der Waals surface area contributed by atoms with Crippen LogP contribution in [0.5, 0.6) is 5.75 Å². The maximum atomic E-state index is 11.3. The summed E-state index contributed by atoms with van der Waals surface area (Å²) in [6.07, 6.45) is 0. The molecule has 0 radical (unpaired) electrons. The second-order valence-electron chi connectivity index (χ2n) is 5.45. The van der Waals surface area contributed by atoms with Crippen LogP contribution in [0.2, 0.25) is 0 Å². The van der Waals surface area contributed by atoms with Crippen LogP contribution in [0, 0.1) is 0 Å². The van der Waals surface area contributed by atoms with Crippen molar-refractivity contribution in [1.82, 2.24) is 0 Å². The first-order chi connectivity index (χ1) is 13.1. The number of hydrogen-bond donors (Lipinski definition) is 3. The third-order valence-electron chi connectivity index (χ3n) is 3.61. The number of aromatic hydroxyl groups is 1. The fourth-order valence-corrected chi connectivity index (χ4v) is 2.26. The Kier molecular flexibility index (Phi) is 5.54. The Morgan fingerprint density at radius 2 is 1.52 bits per heavy atom. The van der Waals surface area contributed by atoms with E-state index < -0.39 is 5.97 Å². The van der Waals surface area contributed by atoms with Gasteiger partial charge in [0.05, 0.1) is 11.3 Å². The lowest BCUT2D eigenvalue weighted by molar-refractivity contribution is 0.0697. The smallest absolute Gasteiger partial charge is 0.337 e. The summed E-state index contributed by atoms with van der Waals surface area (Å²) in [4.78, 5) is 11.3. The molecule has 0 aromatic heterocycles. The molecule has 0 unspecified atom stereocenters. The van der Waals surface area contributed by atoms with Crippen LogP contribution < -0.4 is 5.43 Å². The van der Waals surface area contributed by atoms with Gasteiger partial charge in [-0.2, -0.15) is 5.10 Å². The van der Waals surface area contributed by atoms with Gasteiger partial charge in [-0.3, -0.25) is 5.43 Å². The molecule has 27 heavy (non-hydrogen) atoms. The number of carboxylic acids is 1. The van der Waals surface area contributed by atoms with E-state index in [0.29, 0.717) is 11.3 Å². The van der Waals surface area contributed by atoms with Gasteiger partial charge in [0.25, 0.3) is 0 Å². The summed E-state index contributed by atoms with van der Waals surface area (Å²) in [5, 5.41) is 31.5. The van der Waals surface area contributed by atoms with Crippen molar-refractivity contribution < 1.29 is 15.0 Å². The van der Waals surface area contributed by atoms with Gasteiger partial charge in [-0.1, -0.05) is 54.6 Å². The number of amidine groups is 1. The minimum Gasteiger partial charge on any atom is -0.506 e. The molecule has 0 bridgehead atoms. The summed E-state index contributed by atoms with van der Waals surface area (Å²) in [6, 6.07) is 22.1. The van der Waals surface area contributed by atoms with Crippen LogP contribution in [-0.2, 0) is 0 Å². The molecule has 3 N–H and O–H groups in total. The normalized spacial score (nSPS) is 11.5. The first-order valence-electron chi connectivity index (χ1n) is 8.06. The Balaban J connectivity index is 1.95.